The molecule has 0 bridgehead atoms. The Hall–Kier alpha value is -5.09. The zero-order valence-corrected chi connectivity index (χ0v) is 26.3. The van der Waals surface area contributed by atoms with Crippen LogP contribution in [0, 0.1) is 0 Å². The van der Waals surface area contributed by atoms with Gasteiger partial charge < -0.3 is 4.57 Å². The standard InChI is InChI=1S/C41H36N4/c1-40(2)22-23-41(3,4)34-26-36-32(25-33(34)40)31-20-11-12-21-35(31)45(36)30-19-13-18-29(24-30)39-43-37(27-14-7-5-8-15-27)42-38(44-39)28-16-9-6-10-17-28/h5-21,24-26H,22-23H2,1-4H3. The van der Waals surface area contributed by atoms with E-state index in [1.165, 1.54) is 45.8 Å². The van der Waals surface area contributed by atoms with E-state index in [0.717, 1.165) is 22.4 Å². The molecule has 8 rings (SSSR count). The van der Waals surface area contributed by atoms with E-state index in [4.69, 9.17) is 15.0 Å². The van der Waals surface area contributed by atoms with Crippen LogP contribution in [0.5, 0.6) is 0 Å². The molecule has 220 valence electrons. The smallest absolute Gasteiger partial charge is 0.164 e. The number of nitrogens with zero attached hydrogens (tertiary/aromatic N) is 4. The highest BCUT2D eigenvalue weighted by atomic mass is 15.0. The second-order valence-electron chi connectivity index (χ2n) is 13.6. The van der Waals surface area contributed by atoms with Crippen molar-refractivity contribution in [2.45, 2.75) is 51.4 Å². The summed E-state index contributed by atoms with van der Waals surface area (Å²) in [7, 11) is 0. The van der Waals surface area contributed by atoms with E-state index in [1.807, 2.05) is 60.7 Å². The van der Waals surface area contributed by atoms with Gasteiger partial charge in [-0.3, -0.25) is 0 Å². The second-order valence-corrected chi connectivity index (χ2v) is 13.6. The monoisotopic (exact) mass is 584 g/mol. The molecule has 0 aliphatic heterocycles. The molecule has 0 radical (unpaired) electrons. The van der Waals surface area contributed by atoms with Gasteiger partial charge in [-0.25, -0.2) is 15.0 Å². The van der Waals surface area contributed by atoms with Crippen molar-refractivity contribution in [1.29, 1.82) is 0 Å². The van der Waals surface area contributed by atoms with Gasteiger partial charge in [0.15, 0.2) is 17.5 Å². The molecule has 2 heterocycles. The highest BCUT2D eigenvalue weighted by Crippen LogP contribution is 2.48. The first kappa shape index (κ1) is 27.5. The van der Waals surface area contributed by atoms with Gasteiger partial charge in [-0.1, -0.05) is 119 Å². The van der Waals surface area contributed by atoms with Crippen LogP contribution in [-0.4, -0.2) is 19.5 Å². The maximum atomic E-state index is 5.01. The molecule has 5 aromatic carbocycles. The van der Waals surface area contributed by atoms with Gasteiger partial charge in [0.05, 0.1) is 11.0 Å². The average Bonchev–Trinajstić information content (AvgIpc) is 3.41. The Morgan fingerprint density at radius 1 is 0.467 bits per heavy atom. The lowest BCUT2D eigenvalue weighted by molar-refractivity contribution is 0.332. The molecule has 0 atom stereocenters. The van der Waals surface area contributed by atoms with E-state index >= 15 is 0 Å². The van der Waals surface area contributed by atoms with E-state index in [-0.39, 0.29) is 10.8 Å². The summed E-state index contributed by atoms with van der Waals surface area (Å²) in [6.07, 6.45) is 2.38. The van der Waals surface area contributed by atoms with Crippen LogP contribution >= 0.6 is 0 Å². The first-order valence-electron chi connectivity index (χ1n) is 15.8. The molecule has 1 aliphatic rings. The fourth-order valence-corrected chi connectivity index (χ4v) is 7.03. The SMILES string of the molecule is CC1(C)CCC(C)(C)c2cc3c(cc21)c1ccccc1n3-c1cccc(-c2nc(-c3ccccc3)nc(-c3ccccc3)n2)c1. The first-order valence-corrected chi connectivity index (χ1v) is 15.8. The maximum absolute atomic E-state index is 5.01. The molecule has 0 spiro atoms. The summed E-state index contributed by atoms with van der Waals surface area (Å²) < 4.78 is 2.42. The summed E-state index contributed by atoms with van der Waals surface area (Å²) in [5, 5.41) is 2.58. The number of hydrogen-bond acceptors (Lipinski definition) is 3. The number of fused-ring (bicyclic) bond motifs is 4. The van der Waals surface area contributed by atoms with Gasteiger partial charge in [0, 0.05) is 33.2 Å². The molecule has 0 saturated heterocycles. The summed E-state index contributed by atoms with van der Waals surface area (Å²) in [6, 6.07) is 42.7. The largest absolute Gasteiger partial charge is 0.309 e. The highest BCUT2D eigenvalue weighted by Gasteiger charge is 2.37. The Morgan fingerprint density at radius 2 is 0.978 bits per heavy atom. The molecule has 0 saturated carbocycles. The first-order chi connectivity index (χ1) is 21.8. The van der Waals surface area contributed by atoms with Crippen molar-refractivity contribution in [3.05, 3.63) is 132 Å². The third-order valence-corrected chi connectivity index (χ3v) is 9.71. The van der Waals surface area contributed by atoms with Crippen LogP contribution in [0.2, 0.25) is 0 Å². The molecular formula is C41H36N4. The van der Waals surface area contributed by atoms with Crippen LogP contribution in [0.25, 0.3) is 61.7 Å². The zero-order valence-electron chi connectivity index (χ0n) is 26.3. The van der Waals surface area contributed by atoms with E-state index in [2.05, 4.69) is 92.9 Å². The Kier molecular flexibility index (Phi) is 6.25. The quantitative estimate of drug-likeness (QED) is 0.207. The number of para-hydroxylation sites is 1. The van der Waals surface area contributed by atoms with Crippen LogP contribution in [0.4, 0.5) is 0 Å². The average molecular weight is 585 g/mol. The van der Waals surface area contributed by atoms with Crippen molar-refractivity contribution in [3.8, 4) is 39.9 Å². The van der Waals surface area contributed by atoms with E-state index in [0.29, 0.717) is 17.5 Å². The van der Waals surface area contributed by atoms with Crippen LogP contribution in [-0.2, 0) is 10.8 Å². The highest BCUT2D eigenvalue weighted by molar-refractivity contribution is 6.10. The van der Waals surface area contributed by atoms with Gasteiger partial charge in [0.25, 0.3) is 0 Å². The van der Waals surface area contributed by atoms with Crippen LogP contribution in [0.1, 0.15) is 51.7 Å². The Bertz CT molecular complexity index is 2150. The predicted molar refractivity (Wildman–Crippen MR) is 186 cm³/mol. The molecule has 45 heavy (non-hydrogen) atoms. The number of hydrogen-bond donors (Lipinski definition) is 0. The molecule has 4 heteroatoms. The normalized spacial score (nSPS) is 15.3. The lowest BCUT2D eigenvalue weighted by Gasteiger charge is -2.42. The number of aromatic nitrogens is 4. The van der Waals surface area contributed by atoms with Gasteiger partial charge in [-0.2, -0.15) is 0 Å². The summed E-state index contributed by atoms with van der Waals surface area (Å²) in [6.45, 7) is 9.60. The van der Waals surface area contributed by atoms with Gasteiger partial charge >= 0.3 is 0 Å². The van der Waals surface area contributed by atoms with Crippen molar-refractivity contribution in [1.82, 2.24) is 19.5 Å². The summed E-state index contributed by atoms with van der Waals surface area (Å²) in [4.78, 5) is 14.9. The van der Waals surface area contributed by atoms with Crippen LogP contribution in [0.15, 0.2) is 121 Å². The lowest BCUT2D eigenvalue weighted by Crippen LogP contribution is -2.33. The zero-order chi connectivity index (χ0) is 30.8. The van der Waals surface area contributed by atoms with Gasteiger partial charge in [0.1, 0.15) is 0 Å². The van der Waals surface area contributed by atoms with Crippen molar-refractivity contribution in [2.75, 3.05) is 0 Å². The summed E-state index contributed by atoms with van der Waals surface area (Å²) >= 11 is 0. The van der Waals surface area contributed by atoms with Crippen molar-refractivity contribution in [2.24, 2.45) is 0 Å². The Morgan fingerprint density at radius 3 is 1.60 bits per heavy atom. The second kappa shape index (κ2) is 10.2. The topological polar surface area (TPSA) is 43.6 Å². The molecule has 0 fully saturated rings. The van der Waals surface area contributed by atoms with Crippen LogP contribution < -0.4 is 0 Å². The predicted octanol–water partition coefficient (Wildman–Crippen LogP) is 10.3. The Balaban J connectivity index is 1.35. The van der Waals surface area contributed by atoms with E-state index in [1.54, 1.807) is 0 Å². The maximum Gasteiger partial charge on any atom is 0.164 e. The van der Waals surface area contributed by atoms with Gasteiger partial charge in [-0.05, 0) is 65.1 Å². The van der Waals surface area contributed by atoms with Crippen molar-refractivity contribution >= 4 is 21.8 Å². The number of rotatable bonds is 4. The van der Waals surface area contributed by atoms with E-state index < -0.39 is 0 Å². The third kappa shape index (κ3) is 4.64. The van der Waals surface area contributed by atoms with Gasteiger partial charge in [0.2, 0.25) is 0 Å². The van der Waals surface area contributed by atoms with Crippen molar-refractivity contribution in [3.63, 3.8) is 0 Å². The minimum absolute atomic E-state index is 0.120. The van der Waals surface area contributed by atoms with Gasteiger partial charge in [-0.15, -0.1) is 0 Å². The number of benzene rings is 5. The van der Waals surface area contributed by atoms with Crippen molar-refractivity contribution < 1.29 is 0 Å². The molecule has 4 nitrogen and oxygen atoms in total. The summed E-state index contributed by atoms with van der Waals surface area (Å²) in [5.74, 6) is 1.99. The molecule has 0 N–H and O–H groups in total. The molecule has 1 aliphatic carbocycles. The lowest BCUT2D eigenvalue weighted by atomic mass is 9.63. The Labute approximate surface area is 264 Å². The fraction of sp³-hybridized carbons (Fsp3) is 0.195. The van der Waals surface area contributed by atoms with Crippen LogP contribution in [0.3, 0.4) is 0 Å². The molecular weight excluding hydrogens is 548 g/mol. The third-order valence-electron chi connectivity index (χ3n) is 9.71. The minimum atomic E-state index is 0.120. The molecule has 0 amide bonds. The fourth-order valence-electron chi connectivity index (χ4n) is 7.03. The molecule has 2 aromatic heterocycles. The molecule has 7 aromatic rings. The minimum Gasteiger partial charge on any atom is -0.309 e. The van der Waals surface area contributed by atoms with E-state index in [9.17, 15) is 0 Å². The summed E-state index contributed by atoms with van der Waals surface area (Å²) in [5.41, 5.74) is 9.63. The molecule has 0 unspecified atom stereocenters.